The molecule has 8 heteroatoms. The standard InChI is InChI=1S/C33H38N2O6/c1-16(2)21-13-24-28(31(37)35-21)29(27-22(36)14-33(11-6-12-33)15-25(27)41-24)26-18(4)19(8-10-23(26)40-5)20-9-7-17(3)30(34-20)32(38)39/h7-10,16,21,24,28-29H,6,11-15H2,1-5H3,(H,35,37)(H,38,39)/t21-,24-,28-,29-/m0/s1. The zero-order chi connectivity index (χ0) is 29.2. The molecule has 4 aliphatic rings. The molecule has 3 heterocycles. The van der Waals surface area contributed by atoms with Crippen molar-refractivity contribution >= 4 is 17.7 Å². The number of carbonyl (C=O) groups is 3. The van der Waals surface area contributed by atoms with E-state index in [1.165, 1.54) is 0 Å². The van der Waals surface area contributed by atoms with Gasteiger partial charge in [0.15, 0.2) is 11.5 Å². The molecule has 1 amide bonds. The molecule has 41 heavy (non-hydrogen) atoms. The molecule has 1 aromatic carbocycles. The number of carbonyl (C=O) groups excluding carboxylic acids is 2. The van der Waals surface area contributed by atoms with Gasteiger partial charge in [-0.05, 0) is 67.3 Å². The molecule has 2 aromatic rings. The van der Waals surface area contributed by atoms with Crippen molar-refractivity contribution in [2.24, 2.45) is 17.3 Å². The van der Waals surface area contributed by atoms with Crippen LogP contribution < -0.4 is 10.1 Å². The average Bonchev–Trinajstić information content (AvgIpc) is 2.91. The van der Waals surface area contributed by atoms with Crippen LogP contribution in [0.4, 0.5) is 0 Å². The lowest BCUT2D eigenvalue weighted by molar-refractivity contribution is -0.140. The van der Waals surface area contributed by atoms with Crippen LogP contribution >= 0.6 is 0 Å². The van der Waals surface area contributed by atoms with Gasteiger partial charge in [-0.3, -0.25) is 9.59 Å². The van der Waals surface area contributed by atoms with E-state index in [4.69, 9.17) is 9.47 Å². The van der Waals surface area contributed by atoms with Gasteiger partial charge >= 0.3 is 5.97 Å². The zero-order valence-electron chi connectivity index (χ0n) is 24.4. The van der Waals surface area contributed by atoms with Crippen molar-refractivity contribution in [1.29, 1.82) is 0 Å². The molecule has 1 spiro atoms. The highest BCUT2D eigenvalue weighted by atomic mass is 16.5. The zero-order valence-corrected chi connectivity index (χ0v) is 24.4. The van der Waals surface area contributed by atoms with E-state index in [0.717, 1.165) is 48.1 Å². The summed E-state index contributed by atoms with van der Waals surface area (Å²) < 4.78 is 12.6. The number of benzene rings is 1. The number of aryl methyl sites for hydroxylation is 1. The van der Waals surface area contributed by atoms with Gasteiger partial charge in [0.05, 0.1) is 18.7 Å². The Morgan fingerprint density at radius 1 is 1.15 bits per heavy atom. The maximum absolute atomic E-state index is 14.0. The van der Waals surface area contributed by atoms with E-state index in [0.29, 0.717) is 35.4 Å². The van der Waals surface area contributed by atoms with Gasteiger partial charge in [-0.1, -0.05) is 26.3 Å². The summed E-state index contributed by atoms with van der Waals surface area (Å²) in [7, 11) is 1.60. The normalized spacial score (nSPS) is 26.6. The Balaban J connectivity index is 1.55. The minimum absolute atomic E-state index is 0.00460. The van der Waals surface area contributed by atoms with Crippen molar-refractivity contribution in [1.82, 2.24) is 10.3 Å². The lowest BCUT2D eigenvalue weighted by atomic mass is 9.57. The fourth-order valence-electron chi connectivity index (χ4n) is 7.53. The number of Topliss-reactive ketones (excluding diaryl/α,β-unsaturated/α-hetero) is 1. The van der Waals surface area contributed by atoms with Crippen LogP contribution in [0.15, 0.2) is 35.6 Å². The number of aromatic nitrogens is 1. The molecule has 216 valence electrons. The molecule has 0 radical (unpaired) electrons. The second-order valence-corrected chi connectivity index (χ2v) is 12.7. The quantitative estimate of drug-likeness (QED) is 0.498. The highest BCUT2D eigenvalue weighted by Gasteiger charge is 2.55. The highest BCUT2D eigenvalue weighted by Crippen LogP contribution is 2.58. The summed E-state index contributed by atoms with van der Waals surface area (Å²) in [5, 5.41) is 12.9. The summed E-state index contributed by atoms with van der Waals surface area (Å²) in [4.78, 5) is 44.2. The maximum Gasteiger partial charge on any atom is 0.354 e. The summed E-state index contributed by atoms with van der Waals surface area (Å²) in [6.45, 7) is 7.86. The lowest BCUT2D eigenvalue weighted by Gasteiger charge is -2.51. The van der Waals surface area contributed by atoms with Crippen molar-refractivity contribution in [2.75, 3.05) is 7.11 Å². The molecule has 2 fully saturated rings. The number of amides is 1. The van der Waals surface area contributed by atoms with Crippen molar-refractivity contribution in [3.05, 3.63) is 58.0 Å². The number of nitrogens with one attached hydrogen (secondary N) is 1. The Bertz CT molecular complexity index is 1490. The summed E-state index contributed by atoms with van der Waals surface area (Å²) in [6.07, 6.45) is 4.69. The van der Waals surface area contributed by atoms with Gasteiger partial charge in [-0.15, -0.1) is 0 Å². The fraction of sp³-hybridized carbons (Fsp3) is 0.515. The first kappa shape index (κ1) is 27.5. The Morgan fingerprint density at radius 2 is 1.90 bits per heavy atom. The molecular formula is C33H38N2O6. The summed E-state index contributed by atoms with van der Waals surface area (Å²) in [5.41, 5.74) is 3.98. The number of fused-ring (bicyclic) bond motifs is 1. The Morgan fingerprint density at radius 3 is 2.54 bits per heavy atom. The number of rotatable bonds is 5. The number of methoxy groups -OCH3 is 1. The summed E-state index contributed by atoms with van der Waals surface area (Å²) in [6, 6.07) is 7.26. The maximum atomic E-state index is 14.0. The second kappa shape index (κ2) is 10.00. The van der Waals surface area contributed by atoms with Gasteiger partial charge < -0.3 is 19.9 Å². The van der Waals surface area contributed by atoms with Crippen molar-refractivity contribution in [3.8, 4) is 17.0 Å². The van der Waals surface area contributed by atoms with Crippen LogP contribution in [0.5, 0.6) is 5.75 Å². The molecule has 6 rings (SSSR count). The van der Waals surface area contributed by atoms with Crippen LogP contribution in [-0.2, 0) is 14.3 Å². The Hall–Kier alpha value is -3.68. The molecule has 1 saturated carbocycles. The van der Waals surface area contributed by atoms with Gasteiger partial charge in [-0.25, -0.2) is 9.78 Å². The molecule has 2 N–H and O–H groups in total. The number of carboxylic acids is 1. The third-order valence-corrected chi connectivity index (χ3v) is 9.95. The molecule has 8 nitrogen and oxygen atoms in total. The largest absolute Gasteiger partial charge is 0.496 e. The minimum Gasteiger partial charge on any atom is -0.496 e. The number of aromatic carboxylic acids is 1. The first-order chi connectivity index (χ1) is 19.5. The van der Waals surface area contributed by atoms with E-state index in [1.807, 2.05) is 25.1 Å². The van der Waals surface area contributed by atoms with Crippen LogP contribution in [0.25, 0.3) is 11.3 Å². The van der Waals surface area contributed by atoms with E-state index >= 15 is 0 Å². The number of nitrogens with zero attached hydrogens (tertiary/aromatic N) is 1. The Kier molecular flexibility index (Phi) is 6.70. The van der Waals surface area contributed by atoms with E-state index < -0.39 is 17.8 Å². The second-order valence-electron chi connectivity index (χ2n) is 12.7. The molecule has 0 bridgehead atoms. The summed E-state index contributed by atoms with van der Waals surface area (Å²) >= 11 is 0. The number of hydrogen-bond acceptors (Lipinski definition) is 6. The molecule has 1 aromatic heterocycles. The SMILES string of the molecule is COc1ccc(-c2ccc(C)c(C(=O)O)n2)c(C)c1[C@H]1C2=C(CC3(CCC3)CC2=O)O[C@H]2C[C@@H](C(C)C)NC(=O)[C@@H]21. The third kappa shape index (κ3) is 4.43. The number of ketones is 1. The monoisotopic (exact) mass is 558 g/mol. The number of carboxylic acid groups (broad SMARTS) is 1. The molecule has 1 saturated heterocycles. The number of ether oxygens (including phenoxy) is 2. The number of allylic oxidation sites excluding steroid dienone is 2. The van der Waals surface area contributed by atoms with Gasteiger partial charge in [0.2, 0.25) is 5.91 Å². The number of pyridine rings is 1. The number of hydrogen-bond donors (Lipinski definition) is 2. The fourth-order valence-corrected chi connectivity index (χ4v) is 7.53. The van der Waals surface area contributed by atoms with E-state index in [9.17, 15) is 19.5 Å². The van der Waals surface area contributed by atoms with E-state index in [1.54, 1.807) is 20.1 Å². The van der Waals surface area contributed by atoms with Crippen LogP contribution in [-0.4, -0.2) is 47.0 Å². The van der Waals surface area contributed by atoms with Crippen LogP contribution in [0.3, 0.4) is 0 Å². The van der Waals surface area contributed by atoms with Crippen molar-refractivity contribution in [3.63, 3.8) is 0 Å². The van der Waals surface area contributed by atoms with Crippen molar-refractivity contribution < 1.29 is 29.0 Å². The first-order valence-corrected chi connectivity index (χ1v) is 14.7. The third-order valence-electron chi connectivity index (χ3n) is 9.95. The molecule has 2 aliphatic heterocycles. The van der Waals surface area contributed by atoms with Gasteiger partial charge in [0, 0.05) is 47.9 Å². The smallest absolute Gasteiger partial charge is 0.354 e. The topological polar surface area (TPSA) is 115 Å². The predicted molar refractivity (Wildman–Crippen MR) is 153 cm³/mol. The van der Waals surface area contributed by atoms with Crippen LogP contribution in [0.1, 0.15) is 85.5 Å². The van der Waals surface area contributed by atoms with E-state index in [2.05, 4.69) is 24.1 Å². The molecule has 2 aliphatic carbocycles. The number of piperidine rings is 1. The Labute approximate surface area is 240 Å². The minimum atomic E-state index is -1.09. The van der Waals surface area contributed by atoms with Gasteiger partial charge in [-0.2, -0.15) is 0 Å². The van der Waals surface area contributed by atoms with Gasteiger partial charge in [0.1, 0.15) is 17.6 Å². The van der Waals surface area contributed by atoms with Crippen molar-refractivity contribution in [2.45, 2.75) is 84.3 Å². The van der Waals surface area contributed by atoms with Gasteiger partial charge in [0.25, 0.3) is 0 Å². The lowest BCUT2D eigenvalue weighted by Crippen LogP contribution is -2.58. The first-order valence-electron chi connectivity index (χ1n) is 14.7. The highest BCUT2D eigenvalue weighted by molar-refractivity contribution is 6.01. The molecule has 4 atom stereocenters. The predicted octanol–water partition coefficient (Wildman–Crippen LogP) is 5.50. The van der Waals surface area contributed by atoms with Crippen LogP contribution in [0, 0.1) is 31.1 Å². The van der Waals surface area contributed by atoms with Crippen LogP contribution in [0.2, 0.25) is 0 Å². The van der Waals surface area contributed by atoms with E-state index in [-0.39, 0.29) is 40.9 Å². The molecule has 0 unspecified atom stereocenters. The molecular weight excluding hydrogens is 520 g/mol. The summed E-state index contributed by atoms with van der Waals surface area (Å²) in [5.74, 6) is -0.688. The average molecular weight is 559 g/mol.